The number of rotatable bonds is 3. The molecular formula is C12H16FN3O4. The second-order valence-corrected chi connectivity index (χ2v) is 5.32. The highest BCUT2D eigenvalue weighted by Gasteiger charge is 2.87. The maximum Gasteiger partial charge on any atom is 0.351 e. The van der Waals surface area contributed by atoms with Crippen molar-refractivity contribution in [2.45, 2.75) is 49.5 Å². The van der Waals surface area contributed by atoms with Gasteiger partial charge in [-0.2, -0.15) is 4.98 Å². The SMILES string of the molecule is CCC[C@]12O[C@@H](n3ccc(N)nc3=O)[C@H](F)[C@@]1(O)[C@@H]2O. The first-order valence-corrected chi connectivity index (χ1v) is 6.45. The van der Waals surface area contributed by atoms with Crippen LogP contribution in [-0.4, -0.2) is 43.2 Å². The molecule has 1 aliphatic carbocycles. The Balaban J connectivity index is 1.97. The van der Waals surface area contributed by atoms with Gasteiger partial charge in [-0.1, -0.05) is 13.3 Å². The predicted molar refractivity (Wildman–Crippen MR) is 66.5 cm³/mol. The Labute approximate surface area is 113 Å². The fourth-order valence-corrected chi connectivity index (χ4v) is 3.12. The van der Waals surface area contributed by atoms with Gasteiger partial charge in [0.15, 0.2) is 18.0 Å². The highest BCUT2D eigenvalue weighted by molar-refractivity contribution is 5.35. The molecule has 2 aliphatic rings. The number of nitrogens with zero attached hydrogens (tertiary/aromatic N) is 2. The molecule has 2 heterocycles. The zero-order chi connectivity index (χ0) is 14.7. The lowest BCUT2D eigenvalue weighted by atomic mass is 10.1. The van der Waals surface area contributed by atoms with Crippen molar-refractivity contribution in [2.75, 3.05) is 5.73 Å². The van der Waals surface area contributed by atoms with Gasteiger partial charge in [0.1, 0.15) is 17.5 Å². The van der Waals surface area contributed by atoms with Crippen LogP contribution in [0.25, 0.3) is 0 Å². The van der Waals surface area contributed by atoms with E-state index in [1.165, 1.54) is 12.3 Å². The third-order valence-corrected chi connectivity index (χ3v) is 4.20. The summed E-state index contributed by atoms with van der Waals surface area (Å²) in [6.07, 6.45) is -2.32. The Morgan fingerprint density at radius 2 is 2.35 bits per heavy atom. The van der Waals surface area contributed by atoms with Crippen molar-refractivity contribution >= 4 is 5.82 Å². The maximum atomic E-state index is 14.4. The third-order valence-electron chi connectivity index (χ3n) is 4.20. The van der Waals surface area contributed by atoms with Crippen LogP contribution in [0.2, 0.25) is 0 Å². The van der Waals surface area contributed by atoms with E-state index in [9.17, 15) is 19.4 Å². The van der Waals surface area contributed by atoms with Gasteiger partial charge in [0, 0.05) is 6.20 Å². The average Bonchev–Trinajstić information content (AvgIpc) is 2.73. The van der Waals surface area contributed by atoms with Gasteiger partial charge < -0.3 is 20.7 Å². The molecule has 0 bridgehead atoms. The quantitative estimate of drug-likeness (QED) is 0.680. The second-order valence-electron chi connectivity index (χ2n) is 5.32. The minimum Gasteiger partial charge on any atom is -0.387 e. The van der Waals surface area contributed by atoms with E-state index >= 15 is 0 Å². The van der Waals surface area contributed by atoms with E-state index in [4.69, 9.17) is 10.5 Å². The molecule has 1 saturated heterocycles. The highest BCUT2D eigenvalue weighted by atomic mass is 19.1. The molecule has 7 nitrogen and oxygen atoms in total. The molecule has 0 aromatic carbocycles. The van der Waals surface area contributed by atoms with Crippen LogP contribution in [0.5, 0.6) is 0 Å². The molecule has 1 saturated carbocycles. The number of aromatic nitrogens is 2. The Bertz CT molecular complexity index is 609. The van der Waals surface area contributed by atoms with Gasteiger partial charge in [-0.15, -0.1) is 0 Å². The van der Waals surface area contributed by atoms with Crippen LogP contribution in [0, 0.1) is 0 Å². The fraction of sp³-hybridized carbons (Fsp3) is 0.667. The second kappa shape index (κ2) is 4.00. The summed E-state index contributed by atoms with van der Waals surface area (Å²) in [7, 11) is 0. The van der Waals surface area contributed by atoms with Gasteiger partial charge in [0.2, 0.25) is 0 Å². The van der Waals surface area contributed by atoms with E-state index < -0.39 is 35.4 Å². The zero-order valence-electron chi connectivity index (χ0n) is 10.9. The molecule has 110 valence electrons. The number of anilines is 1. The minimum absolute atomic E-state index is 0.0202. The van der Waals surface area contributed by atoms with Crippen LogP contribution in [0.15, 0.2) is 17.1 Å². The normalized spacial score (nSPS) is 42.5. The smallest absolute Gasteiger partial charge is 0.351 e. The molecular weight excluding hydrogens is 269 g/mol. The first kappa shape index (κ1) is 13.5. The zero-order valence-corrected chi connectivity index (χ0v) is 10.9. The molecule has 8 heteroatoms. The summed E-state index contributed by atoms with van der Waals surface area (Å²) < 4.78 is 20.9. The standard InChI is InChI=1S/C12H16FN3O4/c1-2-4-11-9(17)12(11,19)7(13)8(20-11)16-5-3-6(14)15-10(16)18/h3,5,7-9,17,19H,2,4H2,1H3,(H2,14,15,18)/t7-,8+,9+,11+,12+/m0/s1. The largest absolute Gasteiger partial charge is 0.387 e. The number of hydrogen-bond donors (Lipinski definition) is 3. The summed E-state index contributed by atoms with van der Waals surface area (Å²) >= 11 is 0. The molecule has 0 amide bonds. The molecule has 3 rings (SSSR count). The number of hydrogen-bond acceptors (Lipinski definition) is 6. The molecule has 1 aliphatic heterocycles. The van der Waals surface area contributed by atoms with Crippen LogP contribution >= 0.6 is 0 Å². The van der Waals surface area contributed by atoms with Crippen LogP contribution in [0.1, 0.15) is 26.0 Å². The lowest BCUT2D eigenvalue weighted by Gasteiger charge is -2.22. The van der Waals surface area contributed by atoms with E-state index in [1.807, 2.05) is 6.92 Å². The van der Waals surface area contributed by atoms with Gasteiger partial charge in [-0.25, -0.2) is 9.18 Å². The average molecular weight is 285 g/mol. The first-order chi connectivity index (χ1) is 9.38. The molecule has 2 fully saturated rings. The van der Waals surface area contributed by atoms with Gasteiger partial charge >= 0.3 is 5.69 Å². The van der Waals surface area contributed by atoms with E-state index in [0.29, 0.717) is 12.8 Å². The summed E-state index contributed by atoms with van der Waals surface area (Å²) in [6, 6.07) is 1.34. The monoisotopic (exact) mass is 285 g/mol. The van der Waals surface area contributed by atoms with E-state index in [-0.39, 0.29) is 5.82 Å². The number of aliphatic hydroxyl groups excluding tert-OH is 1. The van der Waals surface area contributed by atoms with Gasteiger partial charge in [0.25, 0.3) is 0 Å². The number of fused-ring (bicyclic) bond motifs is 1. The van der Waals surface area contributed by atoms with Crippen LogP contribution in [-0.2, 0) is 4.74 Å². The first-order valence-electron chi connectivity index (χ1n) is 6.45. The lowest BCUT2D eigenvalue weighted by molar-refractivity contribution is -0.0955. The Morgan fingerprint density at radius 3 is 2.95 bits per heavy atom. The summed E-state index contributed by atoms with van der Waals surface area (Å²) in [5.74, 6) is 0.0202. The van der Waals surface area contributed by atoms with Crippen molar-refractivity contribution in [3.8, 4) is 0 Å². The summed E-state index contributed by atoms with van der Waals surface area (Å²) in [4.78, 5) is 15.2. The molecule has 0 radical (unpaired) electrons. The Kier molecular flexibility index (Phi) is 2.69. The molecule has 1 aromatic rings. The number of halogens is 1. The Morgan fingerprint density at radius 1 is 1.65 bits per heavy atom. The predicted octanol–water partition coefficient (Wildman–Crippen LogP) is -0.663. The number of ether oxygens (including phenoxy) is 1. The minimum atomic E-state index is -1.96. The van der Waals surface area contributed by atoms with Gasteiger partial charge in [0.05, 0.1) is 0 Å². The fourth-order valence-electron chi connectivity index (χ4n) is 3.12. The van der Waals surface area contributed by atoms with Crippen molar-refractivity contribution in [3.05, 3.63) is 22.7 Å². The molecule has 20 heavy (non-hydrogen) atoms. The van der Waals surface area contributed by atoms with Gasteiger partial charge in [-0.05, 0) is 12.5 Å². The van der Waals surface area contributed by atoms with Crippen LogP contribution in [0.3, 0.4) is 0 Å². The topological polar surface area (TPSA) is 111 Å². The highest BCUT2D eigenvalue weighted by Crippen LogP contribution is 2.65. The summed E-state index contributed by atoms with van der Waals surface area (Å²) in [5, 5.41) is 20.1. The van der Waals surface area contributed by atoms with E-state index in [0.717, 1.165) is 4.57 Å². The van der Waals surface area contributed by atoms with E-state index in [1.54, 1.807) is 0 Å². The molecule has 1 aromatic heterocycles. The van der Waals surface area contributed by atoms with E-state index in [2.05, 4.69) is 4.98 Å². The van der Waals surface area contributed by atoms with Crippen molar-refractivity contribution < 1.29 is 19.3 Å². The Hall–Kier alpha value is -1.51. The summed E-state index contributed by atoms with van der Waals surface area (Å²) in [5.41, 5.74) is 1.31. The summed E-state index contributed by atoms with van der Waals surface area (Å²) in [6.45, 7) is 1.83. The lowest BCUT2D eigenvalue weighted by Crippen LogP contribution is -2.38. The number of nitrogen functional groups attached to an aromatic ring is 1. The van der Waals surface area contributed by atoms with Crippen molar-refractivity contribution in [3.63, 3.8) is 0 Å². The molecule has 0 spiro atoms. The van der Waals surface area contributed by atoms with Crippen LogP contribution < -0.4 is 11.4 Å². The van der Waals surface area contributed by atoms with Crippen LogP contribution in [0.4, 0.5) is 10.2 Å². The van der Waals surface area contributed by atoms with Crippen molar-refractivity contribution in [1.82, 2.24) is 9.55 Å². The molecule has 5 atom stereocenters. The van der Waals surface area contributed by atoms with Crippen molar-refractivity contribution in [1.29, 1.82) is 0 Å². The van der Waals surface area contributed by atoms with Crippen molar-refractivity contribution in [2.24, 2.45) is 0 Å². The number of nitrogens with two attached hydrogens (primary N) is 1. The number of alkyl halides is 1. The number of aliphatic hydroxyl groups is 2. The third kappa shape index (κ3) is 1.38. The van der Waals surface area contributed by atoms with Gasteiger partial charge in [-0.3, -0.25) is 4.57 Å². The molecule has 0 unspecified atom stereocenters. The molecule has 4 N–H and O–H groups in total. The maximum absolute atomic E-state index is 14.4.